The third-order valence-corrected chi connectivity index (χ3v) is 2.28. The lowest BCUT2D eigenvalue weighted by molar-refractivity contribution is 0.274. The second-order valence-electron chi connectivity index (χ2n) is 3.67. The van der Waals surface area contributed by atoms with Crippen molar-refractivity contribution in [3.05, 3.63) is 24.0 Å². The van der Waals surface area contributed by atoms with Gasteiger partial charge in [-0.1, -0.05) is 6.42 Å². The van der Waals surface area contributed by atoms with Crippen molar-refractivity contribution < 1.29 is 14.2 Å². The van der Waals surface area contributed by atoms with E-state index in [4.69, 9.17) is 15.6 Å². The van der Waals surface area contributed by atoms with Crippen molar-refractivity contribution in [1.82, 2.24) is 0 Å². The van der Waals surface area contributed by atoms with E-state index in [1.54, 1.807) is 6.07 Å². The Labute approximate surface area is 95.0 Å². The van der Waals surface area contributed by atoms with Crippen molar-refractivity contribution in [2.75, 3.05) is 18.9 Å². The van der Waals surface area contributed by atoms with Crippen LogP contribution in [0.4, 0.5) is 10.1 Å². The predicted molar refractivity (Wildman–Crippen MR) is 61.9 cm³/mol. The average molecular weight is 227 g/mol. The Kier molecular flexibility index (Phi) is 5.64. The van der Waals surface area contributed by atoms with Gasteiger partial charge in [0.05, 0.1) is 12.3 Å². The number of ether oxygens (including phenoxy) is 1. The van der Waals surface area contributed by atoms with Gasteiger partial charge in [-0.15, -0.1) is 0 Å². The first kappa shape index (κ1) is 12.8. The molecule has 0 spiro atoms. The Morgan fingerprint density at radius 2 is 1.94 bits per heavy atom. The summed E-state index contributed by atoms with van der Waals surface area (Å²) < 4.78 is 18.1. The van der Waals surface area contributed by atoms with E-state index in [2.05, 4.69) is 0 Å². The van der Waals surface area contributed by atoms with E-state index in [-0.39, 0.29) is 12.4 Å². The molecule has 0 aliphatic rings. The molecule has 0 aliphatic carbocycles. The largest absolute Gasteiger partial charge is 0.491 e. The highest BCUT2D eigenvalue weighted by molar-refractivity contribution is 5.52. The molecule has 0 fully saturated rings. The number of halogens is 1. The number of anilines is 1. The number of unbranched alkanes of at least 4 members (excludes halogenated alkanes) is 3. The van der Waals surface area contributed by atoms with E-state index in [0.717, 1.165) is 25.7 Å². The predicted octanol–water partition coefficient (Wildman–Crippen LogP) is 2.34. The number of rotatable bonds is 7. The summed E-state index contributed by atoms with van der Waals surface area (Å²) in [5.74, 6) is 0.177. The van der Waals surface area contributed by atoms with Crippen LogP contribution in [0.2, 0.25) is 0 Å². The molecule has 0 bridgehead atoms. The second-order valence-corrected chi connectivity index (χ2v) is 3.67. The Balaban J connectivity index is 2.21. The molecule has 1 aromatic rings. The van der Waals surface area contributed by atoms with Crippen LogP contribution in [-0.4, -0.2) is 18.3 Å². The SMILES string of the molecule is Nc1cc(F)ccc1OCCCCCCO. The van der Waals surface area contributed by atoms with Gasteiger partial charge >= 0.3 is 0 Å². The quantitative estimate of drug-likeness (QED) is 0.555. The van der Waals surface area contributed by atoms with Gasteiger partial charge in [-0.25, -0.2) is 4.39 Å². The minimum atomic E-state index is -0.354. The molecule has 0 aliphatic heterocycles. The van der Waals surface area contributed by atoms with E-state index in [1.165, 1.54) is 12.1 Å². The van der Waals surface area contributed by atoms with Gasteiger partial charge in [-0.2, -0.15) is 0 Å². The van der Waals surface area contributed by atoms with Crippen LogP contribution in [0.25, 0.3) is 0 Å². The number of hydrogen-bond donors (Lipinski definition) is 2. The van der Waals surface area contributed by atoms with Crippen molar-refractivity contribution in [3.63, 3.8) is 0 Å². The average Bonchev–Trinajstić information content (AvgIpc) is 2.26. The second kappa shape index (κ2) is 7.06. The first-order chi connectivity index (χ1) is 7.74. The van der Waals surface area contributed by atoms with Gasteiger partial charge in [0, 0.05) is 12.7 Å². The maximum atomic E-state index is 12.7. The van der Waals surface area contributed by atoms with Crippen LogP contribution in [0.1, 0.15) is 25.7 Å². The van der Waals surface area contributed by atoms with Gasteiger partial charge in [0.25, 0.3) is 0 Å². The highest BCUT2D eigenvalue weighted by Gasteiger charge is 2.01. The van der Waals surface area contributed by atoms with Gasteiger partial charge in [-0.3, -0.25) is 0 Å². The zero-order valence-corrected chi connectivity index (χ0v) is 9.29. The summed E-state index contributed by atoms with van der Waals surface area (Å²) in [5.41, 5.74) is 5.91. The molecule has 1 aromatic carbocycles. The van der Waals surface area contributed by atoms with E-state index in [1.807, 2.05) is 0 Å². The molecule has 3 N–H and O–H groups in total. The monoisotopic (exact) mass is 227 g/mol. The van der Waals surface area contributed by atoms with E-state index < -0.39 is 0 Å². The molecule has 0 amide bonds. The van der Waals surface area contributed by atoms with Crippen molar-refractivity contribution in [1.29, 1.82) is 0 Å². The van der Waals surface area contributed by atoms with Crippen LogP contribution < -0.4 is 10.5 Å². The fourth-order valence-corrected chi connectivity index (χ4v) is 1.40. The van der Waals surface area contributed by atoms with Crippen LogP contribution in [0, 0.1) is 5.82 Å². The molecule has 0 radical (unpaired) electrons. The summed E-state index contributed by atoms with van der Waals surface area (Å²) in [6.07, 6.45) is 3.76. The number of benzene rings is 1. The number of aliphatic hydroxyl groups is 1. The lowest BCUT2D eigenvalue weighted by Crippen LogP contribution is -2.00. The lowest BCUT2D eigenvalue weighted by Gasteiger charge is -2.08. The molecule has 0 heterocycles. The summed E-state index contributed by atoms with van der Waals surface area (Å²) in [4.78, 5) is 0. The number of nitrogens with two attached hydrogens (primary N) is 1. The Bertz CT molecular complexity index is 318. The van der Waals surface area contributed by atoms with Crippen LogP contribution in [0.15, 0.2) is 18.2 Å². The first-order valence-electron chi connectivity index (χ1n) is 5.52. The van der Waals surface area contributed by atoms with Gasteiger partial charge in [-0.05, 0) is 31.4 Å². The third-order valence-electron chi connectivity index (χ3n) is 2.28. The van der Waals surface area contributed by atoms with Gasteiger partial charge < -0.3 is 15.6 Å². The highest BCUT2D eigenvalue weighted by Crippen LogP contribution is 2.21. The summed E-state index contributed by atoms with van der Waals surface area (Å²) in [7, 11) is 0. The van der Waals surface area contributed by atoms with Gasteiger partial charge in [0.2, 0.25) is 0 Å². The molecule has 0 atom stereocenters. The maximum Gasteiger partial charge on any atom is 0.142 e. The fourth-order valence-electron chi connectivity index (χ4n) is 1.40. The van der Waals surface area contributed by atoms with Crippen LogP contribution in [-0.2, 0) is 0 Å². The maximum absolute atomic E-state index is 12.7. The molecule has 16 heavy (non-hydrogen) atoms. The first-order valence-corrected chi connectivity index (χ1v) is 5.52. The van der Waals surface area contributed by atoms with Gasteiger partial charge in [0.15, 0.2) is 0 Å². The third kappa shape index (κ3) is 4.49. The molecule has 90 valence electrons. The van der Waals surface area contributed by atoms with Crippen LogP contribution in [0.3, 0.4) is 0 Å². The number of nitrogen functional groups attached to an aromatic ring is 1. The van der Waals surface area contributed by atoms with E-state index in [0.29, 0.717) is 18.0 Å². The van der Waals surface area contributed by atoms with E-state index >= 15 is 0 Å². The Hall–Kier alpha value is -1.29. The lowest BCUT2D eigenvalue weighted by atomic mass is 10.2. The summed E-state index contributed by atoms with van der Waals surface area (Å²) in [5, 5.41) is 8.58. The molecular formula is C12H18FNO2. The van der Waals surface area contributed by atoms with Crippen molar-refractivity contribution in [2.45, 2.75) is 25.7 Å². The number of hydrogen-bond acceptors (Lipinski definition) is 3. The van der Waals surface area contributed by atoms with Crippen molar-refractivity contribution in [3.8, 4) is 5.75 Å². The summed E-state index contributed by atoms with van der Waals surface area (Å²) >= 11 is 0. The molecule has 1 rings (SSSR count). The minimum absolute atomic E-state index is 0.242. The smallest absolute Gasteiger partial charge is 0.142 e. The molecular weight excluding hydrogens is 209 g/mol. The van der Waals surface area contributed by atoms with Crippen molar-refractivity contribution >= 4 is 5.69 Å². The van der Waals surface area contributed by atoms with E-state index in [9.17, 15) is 4.39 Å². The summed E-state index contributed by atoms with van der Waals surface area (Å²) in [6.45, 7) is 0.813. The Morgan fingerprint density at radius 1 is 1.19 bits per heavy atom. The molecule has 4 heteroatoms. The standard InChI is InChI=1S/C12H18FNO2/c13-10-5-6-12(11(14)9-10)16-8-4-2-1-3-7-15/h5-6,9,15H,1-4,7-8,14H2. The normalized spacial score (nSPS) is 10.4. The highest BCUT2D eigenvalue weighted by atomic mass is 19.1. The molecule has 0 saturated heterocycles. The number of aliphatic hydroxyl groups excluding tert-OH is 1. The topological polar surface area (TPSA) is 55.5 Å². The summed E-state index contributed by atoms with van der Waals surface area (Å²) in [6, 6.07) is 4.12. The van der Waals surface area contributed by atoms with Crippen LogP contribution >= 0.6 is 0 Å². The Morgan fingerprint density at radius 3 is 2.62 bits per heavy atom. The zero-order chi connectivity index (χ0) is 11.8. The fraction of sp³-hybridized carbons (Fsp3) is 0.500. The molecule has 0 unspecified atom stereocenters. The van der Waals surface area contributed by atoms with Gasteiger partial charge in [0.1, 0.15) is 11.6 Å². The molecule has 0 saturated carbocycles. The minimum Gasteiger partial charge on any atom is -0.491 e. The molecule has 3 nitrogen and oxygen atoms in total. The van der Waals surface area contributed by atoms with Crippen molar-refractivity contribution in [2.24, 2.45) is 0 Å². The molecule has 0 aromatic heterocycles. The van der Waals surface area contributed by atoms with Crippen LogP contribution in [0.5, 0.6) is 5.75 Å². The zero-order valence-electron chi connectivity index (χ0n) is 9.29.